The molecule has 0 aliphatic heterocycles. The molecule has 0 unspecified atom stereocenters. The van der Waals surface area contributed by atoms with Gasteiger partial charge in [0.05, 0.1) is 5.02 Å². The number of carbonyl (C=O) groups is 1. The first-order valence-electron chi connectivity index (χ1n) is 8.93. The molecule has 0 saturated heterocycles. The molecule has 0 radical (unpaired) electrons. The summed E-state index contributed by atoms with van der Waals surface area (Å²) in [6.45, 7) is 5.68. The Morgan fingerprint density at radius 3 is 2.63 bits per heavy atom. The van der Waals surface area contributed by atoms with E-state index >= 15 is 0 Å². The third-order valence-corrected chi connectivity index (χ3v) is 4.87. The molecule has 27 heavy (non-hydrogen) atoms. The standard InChI is InChI=1S/C21H25ClFNO3/c1-5-14-10-18(27-11-19(26)24-4)21(23)20(22)16(14)9-13-6-7-17(25)15(8-13)12(2)3/h6-8,10,12,25H,5,9,11H2,1-4H3,(H,24,26). The summed E-state index contributed by atoms with van der Waals surface area (Å²) in [6, 6.07) is 6.99. The summed E-state index contributed by atoms with van der Waals surface area (Å²) in [5.41, 5.74) is 3.32. The van der Waals surface area contributed by atoms with E-state index in [0.29, 0.717) is 18.4 Å². The zero-order chi connectivity index (χ0) is 20.1. The van der Waals surface area contributed by atoms with Crippen molar-refractivity contribution in [3.05, 3.63) is 57.4 Å². The first kappa shape index (κ1) is 21.0. The first-order valence-corrected chi connectivity index (χ1v) is 9.31. The van der Waals surface area contributed by atoms with Gasteiger partial charge >= 0.3 is 0 Å². The minimum Gasteiger partial charge on any atom is -0.508 e. The summed E-state index contributed by atoms with van der Waals surface area (Å²) < 4.78 is 20.0. The topological polar surface area (TPSA) is 58.6 Å². The highest BCUT2D eigenvalue weighted by atomic mass is 35.5. The van der Waals surface area contributed by atoms with Gasteiger partial charge in [-0.25, -0.2) is 4.39 Å². The predicted octanol–water partition coefficient (Wildman–Crippen LogP) is 4.59. The molecule has 2 aromatic carbocycles. The Bertz CT molecular complexity index is 837. The Kier molecular flexibility index (Phi) is 7.08. The molecule has 2 aromatic rings. The SMILES string of the molecule is CCc1cc(OCC(=O)NC)c(F)c(Cl)c1Cc1ccc(O)c(C(C)C)c1. The largest absolute Gasteiger partial charge is 0.508 e. The fraction of sp³-hybridized carbons (Fsp3) is 0.381. The highest BCUT2D eigenvalue weighted by Gasteiger charge is 2.19. The van der Waals surface area contributed by atoms with Gasteiger partial charge in [0.1, 0.15) is 5.75 Å². The molecule has 2 N–H and O–H groups in total. The van der Waals surface area contributed by atoms with E-state index < -0.39 is 5.82 Å². The van der Waals surface area contributed by atoms with Crippen molar-refractivity contribution in [1.29, 1.82) is 0 Å². The zero-order valence-electron chi connectivity index (χ0n) is 16.0. The molecule has 0 spiro atoms. The molecular weight excluding hydrogens is 369 g/mol. The molecule has 0 saturated carbocycles. The number of aromatic hydroxyl groups is 1. The Balaban J connectivity index is 2.38. The minimum atomic E-state index is -0.671. The van der Waals surface area contributed by atoms with Gasteiger partial charge in [-0.2, -0.15) is 0 Å². The number of hydrogen-bond donors (Lipinski definition) is 2. The summed E-state index contributed by atoms with van der Waals surface area (Å²) >= 11 is 6.31. The van der Waals surface area contributed by atoms with Gasteiger partial charge in [-0.3, -0.25) is 4.79 Å². The number of nitrogens with one attached hydrogen (secondary N) is 1. The molecule has 0 heterocycles. The number of halogens is 2. The first-order chi connectivity index (χ1) is 12.8. The molecule has 1 amide bonds. The predicted molar refractivity (Wildman–Crippen MR) is 105 cm³/mol. The number of likely N-dealkylation sites (N-methyl/N-ethyl adjacent to an activating group) is 1. The summed E-state index contributed by atoms with van der Waals surface area (Å²) in [7, 11) is 1.48. The molecule has 2 rings (SSSR count). The number of ether oxygens (including phenoxy) is 1. The van der Waals surface area contributed by atoms with Crippen LogP contribution in [0.1, 0.15) is 48.9 Å². The number of carbonyl (C=O) groups excluding carboxylic acids is 1. The molecule has 4 nitrogen and oxygen atoms in total. The third-order valence-electron chi connectivity index (χ3n) is 4.48. The normalized spacial score (nSPS) is 10.9. The second-order valence-corrected chi connectivity index (χ2v) is 7.06. The van der Waals surface area contributed by atoms with Crippen LogP contribution >= 0.6 is 11.6 Å². The quantitative estimate of drug-likeness (QED) is 0.723. The maximum Gasteiger partial charge on any atom is 0.257 e. The summed E-state index contributed by atoms with van der Waals surface area (Å²) in [4.78, 5) is 11.3. The van der Waals surface area contributed by atoms with Gasteiger partial charge in [0.2, 0.25) is 0 Å². The van der Waals surface area contributed by atoms with E-state index in [9.17, 15) is 14.3 Å². The van der Waals surface area contributed by atoms with E-state index in [0.717, 1.165) is 16.7 Å². The van der Waals surface area contributed by atoms with Gasteiger partial charge in [0, 0.05) is 7.05 Å². The Morgan fingerprint density at radius 2 is 2.04 bits per heavy atom. The monoisotopic (exact) mass is 393 g/mol. The van der Waals surface area contributed by atoms with Crippen LogP contribution in [0.2, 0.25) is 5.02 Å². The molecule has 0 aromatic heterocycles. The van der Waals surface area contributed by atoms with Crippen molar-refractivity contribution in [2.24, 2.45) is 0 Å². The molecule has 6 heteroatoms. The minimum absolute atomic E-state index is 0.000397. The number of amides is 1. The van der Waals surface area contributed by atoms with Crippen molar-refractivity contribution in [3.63, 3.8) is 0 Å². The van der Waals surface area contributed by atoms with Crippen LogP contribution in [-0.2, 0) is 17.6 Å². The van der Waals surface area contributed by atoms with Crippen molar-refractivity contribution in [2.45, 2.75) is 39.5 Å². The van der Waals surface area contributed by atoms with Gasteiger partial charge in [-0.05, 0) is 53.1 Å². The van der Waals surface area contributed by atoms with Crippen LogP contribution in [0.4, 0.5) is 4.39 Å². The van der Waals surface area contributed by atoms with Gasteiger partial charge in [-0.1, -0.05) is 44.5 Å². The maximum atomic E-state index is 14.7. The van der Waals surface area contributed by atoms with E-state index in [1.54, 1.807) is 12.1 Å². The average Bonchev–Trinajstić information content (AvgIpc) is 2.65. The van der Waals surface area contributed by atoms with E-state index in [2.05, 4.69) is 5.32 Å². The molecule has 0 aliphatic carbocycles. The second kappa shape index (κ2) is 9.09. The number of benzene rings is 2. The fourth-order valence-corrected chi connectivity index (χ4v) is 3.18. The maximum absolute atomic E-state index is 14.7. The molecule has 0 aliphatic rings. The Morgan fingerprint density at radius 1 is 1.33 bits per heavy atom. The van der Waals surface area contributed by atoms with E-state index in [4.69, 9.17) is 16.3 Å². The van der Waals surface area contributed by atoms with Crippen LogP contribution in [-0.4, -0.2) is 24.7 Å². The lowest BCUT2D eigenvalue weighted by atomic mass is 9.94. The highest BCUT2D eigenvalue weighted by Crippen LogP contribution is 2.34. The van der Waals surface area contributed by atoms with E-state index in [1.807, 2.05) is 32.9 Å². The lowest BCUT2D eigenvalue weighted by Gasteiger charge is -2.16. The second-order valence-electron chi connectivity index (χ2n) is 6.68. The summed E-state index contributed by atoms with van der Waals surface area (Å²) in [6.07, 6.45) is 1.08. The van der Waals surface area contributed by atoms with Crippen LogP contribution in [0.25, 0.3) is 0 Å². The molecule has 0 atom stereocenters. The summed E-state index contributed by atoms with van der Waals surface area (Å²) in [5, 5.41) is 12.4. The Hall–Kier alpha value is -2.27. The lowest BCUT2D eigenvalue weighted by Crippen LogP contribution is -2.25. The van der Waals surface area contributed by atoms with E-state index in [1.165, 1.54) is 7.05 Å². The zero-order valence-corrected chi connectivity index (χ0v) is 16.8. The number of rotatable bonds is 7. The average molecular weight is 394 g/mol. The number of phenolic OH excluding ortho intramolecular Hbond substituents is 1. The lowest BCUT2D eigenvalue weighted by molar-refractivity contribution is -0.122. The van der Waals surface area contributed by atoms with Crippen LogP contribution < -0.4 is 10.1 Å². The van der Waals surface area contributed by atoms with Gasteiger partial charge in [0.25, 0.3) is 5.91 Å². The highest BCUT2D eigenvalue weighted by molar-refractivity contribution is 6.31. The fourth-order valence-electron chi connectivity index (χ4n) is 2.90. The van der Waals surface area contributed by atoms with Crippen LogP contribution in [0, 0.1) is 5.82 Å². The molecule has 146 valence electrons. The van der Waals surface area contributed by atoms with Crippen molar-refractivity contribution >= 4 is 17.5 Å². The Labute approximate surface area is 164 Å². The van der Waals surface area contributed by atoms with Crippen LogP contribution in [0.3, 0.4) is 0 Å². The van der Waals surface area contributed by atoms with E-state index in [-0.39, 0.29) is 35.0 Å². The number of hydrogen-bond acceptors (Lipinski definition) is 3. The molecule has 0 bridgehead atoms. The van der Waals surface area contributed by atoms with Crippen molar-refractivity contribution in [1.82, 2.24) is 5.32 Å². The van der Waals surface area contributed by atoms with Crippen molar-refractivity contribution in [3.8, 4) is 11.5 Å². The summed E-state index contributed by atoms with van der Waals surface area (Å²) in [5.74, 6) is -0.630. The number of aryl methyl sites for hydroxylation is 1. The third kappa shape index (κ3) is 4.92. The molecular formula is C21H25ClFNO3. The number of phenols is 1. The van der Waals surface area contributed by atoms with Gasteiger partial charge < -0.3 is 15.2 Å². The smallest absolute Gasteiger partial charge is 0.257 e. The van der Waals surface area contributed by atoms with Crippen LogP contribution in [0.15, 0.2) is 24.3 Å². The van der Waals surface area contributed by atoms with Gasteiger partial charge in [-0.15, -0.1) is 0 Å². The van der Waals surface area contributed by atoms with Crippen LogP contribution in [0.5, 0.6) is 11.5 Å². The van der Waals surface area contributed by atoms with Crippen molar-refractivity contribution < 1.29 is 19.0 Å². The van der Waals surface area contributed by atoms with Crippen molar-refractivity contribution in [2.75, 3.05) is 13.7 Å². The molecule has 0 fully saturated rings. The van der Waals surface area contributed by atoms with Gasteiger partial charge in [0.15, 0.2) is 18.2 Å².